The summed E-state index contributed by atoms with van der Waals surface area (Å²) >= 11 is 1.37. The Bertz CT molecular complexity index is 800. The summed E-state index contributed by atoms with van der Waals surface area (Å²) in [5.41, 5.74) is -0.815. The molecule has 2 unspecified atom stereocenters. The summed E-state index contributed by atoms with van der Waals surface area (Å²) in [7, 11) is 0. The molecule has 2 N–H and O–H groups in total. The van der Waals surface area contributed by atoms with E-state index in [1.54, 1.807) is 19.9 Å². The number of carbonyl (C=O) groups is 1. The van der Waals surface area contributed by atoms with E-state index in [1.165, 1.54) is 36.0 Å². The molecule has 1 aliphatic heterocycles. The van der Waals surface area contributed by atoms with Gasteiger partial charge in [0, 0.05) is 10.3 Å². The standard InChI is InChI=1S/C17H16F3NO3S/c1-16(2)13(15(22)23)21-14(25-16)12-8-7-11(24-12)9-5-3-4-6-10(9)17(18,19)20/h3-8,13-14,21H,1-2H3,(H,22,23). The van der Waals surface area contributed by atoms with Crippen LogP contribution in [0, 0.1) is 0 Å². The second-order valence-electron chi connectivity index (χ2n) is 6.28. The fourth-order valence-corrected chi connectivity index (χ4v) is 4.21. The lowest BCUT2D eigenvalue weighted by atomic mass is 10.0. The summed E-state index contributed by atoms with van der Waals surface area (Å²) in [6.07, 6.45) is -4.49. The van der Waals surface area contributed by atoms with Crippen molar-refractivity contribution >= 4 is 17.7 Å². The third kappa shape index (κ3) is 3.41. The largest absolute Gasteiger partial charge is 0.480 e. The first kappa shape index (κ1) is 17.9. The van der Waals surface area contributed by atoms with E-state index < -0.39 is 33.9 Å². The molecule has 8 heteroatoms. The summed E-state index contributed by atoms with van der Waals surface area (Å²) in [5.74, 6) is -0.482. The van der Waals surface area contributed by atoms with Crippen LogP contribution in [0.1, 0.15) is 30.5 Å². The lowest BCUT2D eigenvalue weighted by Crippen LogP contribution is -2.43. The summed E-state index contributed by atoms with van der Waals surface area (Å²) in [4.78, 5) is 11.3. The van der Waals surface area contributed by atoms with Crippen LogP contribution in [0.15, 0.2) is 40.8 Å². The van der Waals surface area contributed by atoms with Crippen molar-refractivity contribution in [3.8, 4) is 11.3 Å². The summed E-state index contributed by atoms with van der Waals surface area (Å²) < 4.78 is 44.5. The number of carboxylic acids is 1. The summed E-state index contributed by atoms with van der Waals surface area (Å²) in [6.45, 7) is 3.60. The van der Waals surface area contributed by atoms with Crippen LogP contribution in [-0.4, -0.2) is 21.9 Å². The average molecular weight is 371 g/mol. The van der Waals surface area contributed by atoms with E-state index in [0.29, 0.717) is 5.76 Å². The molecule has 25 heavy (non-hydrogen) atoms. The number of furan rings is 1. The van der Waals surface area contributed by atoms with Crippen molar-refractivity contribution in [2.75, 3.05) is 0 Å². The van der Waals surface area contributed by atoms with Crippen molar-refractivity contribution in [1.82, 2.24) is 5.32 Å². The molecule has 0 amide bonds. The van der Waals surface area contributed by atoms with Gasteiger partial charge in [-0.2, -0.15) is 13.2 Å². The number of alkyl halides is 3. The molecule has 0 saturated carbocycles. The minimum absolute atomic E-state index is 0.0432. The number of aliphatic carboxylic acids is 1. The fraction of sp³-hybridized carbons (Fsp3) is 0.353. The van der Waals surface area contributed by atoms with Gasteiger partial charge in [-0.15, -0.1) is 11.8 Å². The van der Waals surface area contributed by atoms with Crippen LogP contribution in [0.3, 0.4) is 0 Å². The monoisotopic (exact) mass is 371 g/mol. The Morgan fingerprint density at radius 1 is 1.24 bits per heavy atom. The zero-order chi connectivity index (χ0) is 18.4. The van der Waals surface area contributed by atoms with E-state index >= 15 is 0 Å². The number of benzene rings is 1. The van der Waals surface area contributed by atoms with E-state index in [-0.39, 0.29) is 11.3 Å². The molecule has 0 radical (unpaired) electrons. The van der Waals surface area contributed by atoms with Gasteiger partial charge in [0.1, 0.15) is 22.9 Å². The number of hydrogen-bond acceptors (Lipinski definition) is 4. The number of carboxylic acid groups (broad SMARTS) is 1. The summed E-state index contributed by atoms with van der Waals surface area (Å²) in [5, 5.41) is 11.8. The smallest absolute Gasteiger partial charge is 0.417 e. The number of nitrogens with one attached hydrogen (secondary N) is 1. The average Bonchev–Trinajstić information content (AvgIpc) is 3.10. The minimum Gasteiger partial charge on any atom is -0.480 e. The lowest BCUT2D eigenvalue weighted by molar-refractivity contribution is -0.140. The van der Waals surface area contributed by atoms with E-state index in [9.17, 15) is 23.1 Å². The maximum Gasteiger partial charge on any atom is 0.417 e. The molecular formula is C17H16F3NO3S. The van der Waals surface area contributed by atoms with Crippen LogP contribution < -0.4 is 5.32 Å². The van der Waals surface area contributed by atoms with Crippen LogP contribution in [0.2, 0.25) is 0 Å². The minimum atomic E-state index is -4.49. The third-order valence-electron chi connectivity index (χ3n) is 4.06. The number of thioether (sulfide) groups is 1. The Balaban J connectivity index is 1.92. The Morgan fingerprint density at radius 2 is 1.92 bits per heavy atom. The fourth-order valence-electron chi connectivity index (χ4n) is 2.85. The van der Waals surface area contributed by atoms with Crippen molar-refractivity contribution in [3.63, 3.8) is 0 Å². The van der Waals surface area contributed by atoms with Gasteiger partial charge in [0.15, 0.2) is 0 Å². The van der Waals surface area contributed by atoms with Crippen LogP contribution in [0.4, 0.5) is 13.2 Å². The van der Waals surface area contributed by atoms with E-state index in [2.05, 4.69) is 5.32 Å². The van der Waals surface area contributed by atoms with Crippen molar-refractivity contribution < 1.29 is 27.5 Å². The molecule has 0 spiro atoms. The summed E-state index contributed by atoms with van der Waals surface area (Å²) in [6, 6.07) is 7.47. The van der Waals surface area contributed by atoms with Gasteiger partial charge in [0.25, 0.3) is 0 Å². The van der Waals surface area contributed by atoms with Gasteiger partial charge in [-0.25, -0.2) is 0 Å². The molecule has 1 aromatic heterocycles. The van der Waals surface area contributed by atoms with Crippen LogP contribution in [-0.2, 0) is 11.0 Å². The molecule has 0 bridgehead atoms. The lowest BCUT2D eigenvalue weighted by Gasteiger charge is -2.20. The van der Waals surface area contributed by atoms with E-state index in [0.717, 1.165) is 6.07 Å². The molecular weight excluding hydrogens is 355 g/mol. The molecule has 1 aliphatic rings. The predicted octanol–water partition coefficient (Wildman–Crippen LogP) is 4.53. The molecule has 0 aliphatic carbocycles. The van der Waals surface area contributed by atoms with Gasteiger partial charge in [0.2, 0.25) is 0 Å². The van der Waals surface area contributed by atoms with Gasteiger partial charge in [-0.1, -0.05) is 18.2 Å². The van der Waals surface area contributed by atoms with Gasteiger partial charge in [-0.3, -0.25) is 10.1 Å². The van der Waals surface area contributed by atoms with Gasteiger partial charge < -0.3 is 9.52 Å². The Hall–Kier alpha value is -1.93. The topological polar surface area (TPSA) is 62.5 Å². The molecule has 4 nitrogen and oxygen atoms in total. The maximum atomic E-state index is 13.2. The number of halogens is 3. The first-order valence-corrected chi connectivity index (χ1v) is 8.40. The van der Waals surface area contributed by atoms with Crippen molar-refractivity contribution in [1.29, 1.82) is 0 Å². The van der Waals surface area contributed by atoms with Crippen LogP contribution >= 0.6 is 11.8 Å². The van der Waals surface area contributed by atoms with E-state index in [4.69, 9.17) is 4.42 Å². The zero-order valence-electron chi connectivity index (χ0n) is 13.4. The normalized spacial score (nSPS) is 22.9. The molecule has 2 aromatic rings. The first-order valence-electron chi connectivity index (χ1n) is 7.52. The van der Waals surface area contributed by atoms with Crippen LogP contribution in [0.25, 0.3) is 11.3 Å². The third-order valence-corrected chi connectivity index (χ3v) is 5.51. The highest BCUT2D eigenvalue weighted by molar-refractivity contribution is 8.01. The van der Waals surface area contributed by atoms with Crippen LogP contribution in [0.5, 0.6) is 0 Å². The van der Waals surface area contributed by atoms with Gasteiger partial charge in [0.05, 0.1) is 5.56 Å². The maximum absolute atomic E-state index is 13.2. The highest BCUT2D eigenvalue weighted by Gasteiger charge is 2.46. The quantitative estimate of drug-likeness (QED) is 0.830. The van der Waals surface area contributed by atoms with E-state index in [1.807, 2.05) is 0 Å². The molecule has 1 saturated heterocycles. The molecule has 1 fully saturated rings. The Labute approximate surface area is 146 Å². The number of rotatable bonds is 3. The highest BCUT2D eigenvalue weighted by atomic mass is 32.2. The molecule has 134 valence electrons. The second kappa shape index (κ2) is 6.10. The van der Waals surface area contributed by atoms with Gasteiger partial charge in [-0.05, 0) is 32.0 Å². The zero-order valence-corrected chi connectivity index (χ0v) is 14.2. The highest BCUT2D eigenvalue weighted by Crippen LogP contribution is 2.47. The molecule has 3 rings (SSSR count). The second-order valence-corrected chi connectivity index (χ2v) is 8.04. The molecule has 2 heterocycles. The number of hydrogen-bond donors (Lipinski definition) is 2. The predicted molar refractivity (Wildman–Crippen MR) is 88.1 cm³/mol. The Kier molecular flexibility index (Phi) is 4.36. The first-order chi connectivity index (χ1) is 11.6. The van der Waals surface area contributed by atoms with Gasteiger partial charge >= 0.3 is 12.1 Å². The van der Waals surface area contributed by atoms with Crippen molar-refractivity contribution in [3.05, 3.63) is 47.7 Å². The van der Waals surface area contributed by atoms with Crippen molar-refractivity contribution in [2.24, 2.45) is 0 Å². The molecule has 2 atom stereocenters. The van der Waals surface area contributed by atoms with Crippen molar-refractivity contribution in [2.45, 2.75) is 36.2 Å². The SMILES string of the molecule is CC1(C)SC(c2ccc(-c3ccccc3C(F)(F)F)o2)NC1C(=O)O. The Morgan fingerprint density at radius 3 is 2.52 bits per heavy atom. The molecule has 1 aromatic carbocycles.